The molecular formula is C7H7NO5S2. The molecule has 0 unspecified atom stereocenters. The van der Waals surface area contributed by atoms with E-state index in [1.165, 1.54) is 6.92 Å². The number of nitrogens with zero attached hydrogens (tertiary/aromatic N) is 1. The second-order valence-corrected chi connectivity index (χ2v) is 5.56. The highest BCUT2D eigenvalue weighted by Crippen LogP contribution is 2.17. The Morgan fingerprint density at radius 2 is 2.13 bits per heavy atom. The summed E-state index contributed by atoms with van der Waals surface area (Å²) in [5, 5.41) is 7.46. The van der Waals surface area contributed by atoms with E-state index in [0.29, 0.717) is 11.3 Å². The number of aromatic carboxylic acids is 1. The molecule has 0 saturated carbocycles. The molecule has 0 radical (unpaired) electrons. The van der Waals surface area contributed by atoms with Crippen LogP contribution in [-0.4, -0.2) is 35.3 Å². The Morgan fingerprint density at radius 1 is 1.53 bits per heavy atom. The monoisotopic (exact) mass is 249 g/mol. The predicted octanol–water partition coefficient (Wildman–Crippen LogP) is 0.416. The number of hydrogen-bond donors (Lipinski definition) is 1. The lowest BCUT2D eigenvalue weighted by Gasteiger charge is -1.97. The maximum Gasteiger partial charge on any atom is 0.356 e. The quantitative estimate of drug-likeness (QED) is 0.832. The van der Waals surface area contributed by atoms with Crippen molar-refractivity contribution in [1.29, 1.82) is 0 Å². The van der Waals surface area contributed by atoms with E-state index in [0.717, 1.165) is 5.51 Å². The second kappa shape index (κ2) is 4.07. The van der Waals surface area contributed by atoms with Crippen molar-refractivity contribution in [3.05, 3.63) is 16.1 Å². The zero-order chi connectivity index (χ0) is 11.6. The molecule has 1 aromatic rings. The maximum absolute atomic E-state index is 11.4. The van der Waals surface area contributed by atoms with Gasteiger partial charge in [-0.15, -0.1) is 11.3 Å². The summed E-state index contributed by atoms with van der Waals surface area (Å²) in [7, 11) is -3.91. The maximum atomic E-state index is 11.4. The van der Waals surface area contributed by atoms with Crippen molar-refractivity contribution >= 4 is 32.3 Å². The first-order chi connectivity index (χ1) is 6.90. The average Bonchev–Trinajstić information content (AvgIpc) is 2.64. The first kappa shape index (κ1) is 11.8. The Bertz CT molecular complexity index is 501. The number of hydrogen-bond acceptors (Lipinski definition) is 6. The molecule has 0 fully saturated rings. The first-order valence-electron chi connectivity index (χ1n) is 3.84. The smallest absolute Gasteiger partial charge is 0.356 e. The highest BCUT2D eigenvalue weighted by molar-refractivity contribution is 8.06. The lowest BCUT2D eigenvalue weighted by molar-refractivity contribution is 0.0688. The summed E-state index contributed by atoms with van der Waals surface area (Å²) in [5.74, 6) is -1.77. The minimum Gasteiger partial charge on any atom is -0.476 e. The molecule has 0 atom stereocenters. The van der Waals surface area contributed by atoms with E-state index in [-0.39, 0.29) is 10.6 Å². The van der Waals surface area contributed by atoms with Crippen LogP contribution in [0.4, 0.5) is 0 Å². The Hall–Kier alpha value is -1.28. The summed E-state index contributed by atoms with van der Waals surface area (Å²) in [4.78, 5) is 25.1. The highest BCUT2D eigenvalue weighted by Gasteiger charge is 2.28. The fraction of sp³-hybridized carbons (Fsp3) is 0.286. The SMILES string of the molecule is CCS(=O)(=O)C(=O)c1scnc1C(=O)O. The third kappa shape index (κ3) is 2.21. The largest absolute Gasteiger partial charge is 0.476 e. The van der Waals surface area contributed by atoms with Crippen molar-refractivity contribution in [3.63, 3.8) is 0 Å². The molecule has 0 aliphatic carbocycles. The van der Waals surface area contributed by atoms with E-state index in [2.05, 4.69) is 4.98 Å². The third-order valence-electron chi connectivity index (χ3n) is 1.62. The van der Waals surface area contributed by atoms with Gasteiger partial charge in [-0.1, -0.05) is 6.92 Å². The van der Waals surface area contributed by atoms with Crippen LogP contribution in [0.3, 0.4) is 0 Å². The molecular weight excluding hydrogens is 242 g/mol. The van der Waals surface area contributed by atoms with Gasteiger partial charge >= 0.3 is 5.97 Å². The standard InChI is InChI=1S/C7H7NO5S2/c1-2-15(12,13)7(11)5-4(6(9)10)8-3-14-5/h3H,2H2,1H3,(H,9,10). The number of carbonyl (C=O) groups is 2. The van der Waals surface area contributed by atoms with E-state index in [1.807, 2.05) is 0 Å². The van der Waals surface area contributed by atoms with Gasteiger partial charge in [-0.2, -0.15) is 0 Å². The van der Waals surface area contributed by atoms with Crippen molar-refractivity contribution in [2.24, 2.45) is 0 Å². The average molecular weight is 249 g/mol. The molecule has 1 heterocycles. The van der Waals surface area contributed by atoms with Crippen molar-refractivity contribution in [2.45, 2.75) is 6.92 Å². The number of aromatic nitrogens is 1. The van der Waals surface area contributed by atoms with Gasteiger partial charge in [-0.3, -0.25) is 4.79 Å². The van der Waals surface area contributed by atoms with Crippen LogP contribution in [-0.2, 0) is 9.84 Å². The van der Waals surface area contributed by atoms with Crippen molar-refractivity contribution in [1.82, 2.24) is 4.98 Å². The molecule has 0 spiro atoms. The normalized spacial score (nSPS) is 11.3. The summed E-state index contributed by atoms with van der Waals surface area (Å²) in [6.45, 7) is 1.31. The predicted molar refractivity (Wildman–Crippen MR) is 52.9 cm³/mol. The van der Waals surface area contributed by atoms with Crippen LogP contribution in [0.1, 0.15) is 27.1 Å². The van der Waals surface area contributed by atoms with Gasteiger partial charge in [0.2, 0.25) is 9.84 Å². The van der Waals surface area contributed by atoms with Gasteiger partial charge in [-0.25, -0.2) is 18.2 Å². The molecule has 0 aromatic carbocycles. The fourth-order valence-corrected chi connectivity index (χ4v) is 2.59. The Kier molecular flexibility index (Phi) is 3.20. The van der Waals surface area contributed by atoms with Crippen LogP contribution in [0.25, 0.3) is 0 Å². The van der Waals surface area contributed by atoms with Gasteiger partial charge in [0.15, 0.2) is 5.69 Å². The van der Waals surface area contributed by atoms with Crippen molar-refractivity contribution < 1.29 is 23.1 Å². The van der Waals surface area contributed by atoms with Gasteiger partial charge in [0, 0.05) is 0 Å². The van der Waals surface area contributed by atoms with Crippen LogP contribution in [0, 0.1) is 0 Å². The molecule has 15 heavy (non-hydrogen) atoms. The molecule has 0 aliphatic rings. The molecule has 0 aliphatic heterocycles. The van der Waals surface area contributed by atoms with Gasteiger partial charge < -0.3 is 5.11 Å². The number of carboxylic acid groups (broad SMARTS) is 1. The molecule has 82 valence electrons. The van der Waals surface area contributed by atoms with Crippen molar-refractivity contribution in [3.8, 4) is 0 Å². The Labute approximate surface area is 89.5 Å². The zero-order valence-electron chi connectivity index (χ0n) is 7.63. The minimum atomic E-state index is -3.91. The number of carboxylic acids is 1. The lowest BCUT2D eigenvalue weighted by atomic mass is 10.4. The lowest BCUT2D eigenvalue weighted by Crippen LogP contribution is -2.18. The molecule has 1 rings (SSSR count). The summed E-state index contributed by atoms with van der Waals surface area (Å²) in [6, 6.07) is 0. The van der Waals surface area contributed by atoms with Gasteiger partial charge in [-0.05, 0) is 0 Å². The zero-order valence-corrected chi connectivity index (χ0v) is 9.26. The first-order valence-corrected chi connectivity index (χ1v) is 6.37. The van der Waals surface area contributed by atoms with Gasteiger partial charge in [0.1, 0.15) is 4.88 Å². The van der Waals surface area contributed by atoms with Crippen LogP contribution < -0.4 is 0 Å². The summed E-state index contributed by atoms with van der Waals surface area (Å²) in [5.41, 5.74) is 0.615. The molecule has 0 saturated heterocycles. The second-order valence-electron chi connectivity index (χ2n) is 2.53. The molecule has 1 aromatic heterocycles. The third-order valence-corrected chi connectivity index (χ3v) is 4.10. The van der Waals surface area contributed by atoms with Crippen LogP contribution in [0.2, 0.25) is 0 Å². The van der Waals surface area contributed by atoms with Crippen LogP contribution in [0.5, 0.6) is 0 Å². The minimum absolute atomic E-state index is 0.343. The van der Waals surface area contributed by atoms with Gasteiger partial charge in [0.05, 0.1) is 11.3 Å². The van der Waals surface area contributed by atoms with Gasteiger partial charge in [0.25, 0.3) is 5.12 Å². The van der Waals surface area contributed by atoms with E-state index in [4.69, 9.17) is 5.11 Å². The summed E-state index contributed by atoms with van der Waals surface area (Å²) in [6.07, 6.45) is 0. The molecule has 8 heteroatoms. The van der Waals surface area contributed by atoms with Crippen LogP contribution >= 0.6 is 11.3 Å². The number of carbonyl (C=O) groups excluding carboxylic acids is 1. The fourth-order valence-electron chi connectivity index (χ4n) is 0.816. The van der Waals surface area contributed by atoms with Crippen molar-refractivity contribution in [2.75, 3.05) is 5.75 Å². The molecule has 0 amide bonds. The topological polar surface area (TPSA) is 101 Å². The molecule has 1 N–H and O–H groups in total. The van der Waals surface area contributed by atoms with Crippen LogP contribution in [0.15, 0.2) is 5.51 Å². The van der Waals surface area contributed by atoms with E-state index in [1.54, 1.807) is 0 Å². The number of thiazole rings is 1. The highest BCUT2D eigenvalue weighted by atomic mass is 32.2. The number of sulfone groups is 1. The summed E-state index contributed by atoms with van der Waals surface area (Å²) >= 11 is 0.708. The van der Waals surface area contributed by atoms with E-state index in [9.17, 15) is 18.0 Å². The molecule has 6 nitrogen and oxygen atoms in total. The molecule has 0 bridgehead atoms. The Morgan fingerprint density at radius 3 is 2.60 bits per heavy atom. The van der Waals surface area contributed by atoms with E-state index < -0.39 is 26.6 Å². The number of rotatable bonds is 3. The Balaban J connectivity index is 3.24. The van der Waals surface area contributed by atoms with E-state index >= 15 is 0 Å². The summed E-state index contributed by atoms with van der Waals surface area (Å²) < 4.78 is 22.4.